The molecule has 2 unspecified atom stereocenters. The van der Waals surface area contributed by atoms with Crippen molar-refractivity contribution in [1.82, 2.24) is 0 Å². The van der Waals surface area contributed by atoms with Crippen LogP contribution >= 0.6 is 0 Å². The van der Waals surface area contributed by atoms with Gasteiger partial charge in [0.25, 0.3) is 0 Å². The van der Waals surface area contributed by atoms with Crippen molar-refractivity contribution < 1.29 is 30.6 Å². The van der Waals surface area contributed by atoms with Crippen molar-refractivity contribution >= 4 is 0 Å². The van der Waals surface area contributed by atoms with Gasteiger partial charge in [0.1, 0.15) is 0 Å². The van der Waals surface area contributed by atoms with E-state index in [4.69, 9.17) is 30.6 Å². The molecule has 0 radical (unpaired) electrons. The van der Waals surface area contributed by atoms with E-state index in [-0.39, 0.29) is 19.8 Å². The Kier molecular flexibility index (Phi) is 22.8. The molecule has 0 bridgehead atoms. The zero-order chi connectivity index (χ0) is 18.0. The molecule has 0 fully saturated rings. The summed E-state index contributed by atoms with van der Waals surface area (Å²) >= 11 is 0. The lowest BCUT2D eigenvalue weighted by molar-refractivity contribution is 0.0249. The predicted octanol–water partition coefficient (Wildman–Crippen LogP) is 0.809. The molecule has 0 aliphatic rings. The van der Waals surface area contributed by atoms with Gasteiger partial charge in [-0.3, -0.25) is 0 Å². The van der Waals surface area contributed by atoms with Gasteiger partial charge >= 0.3 is 0 Å². The van der Waals surface area contributed by atoms with Crippen LogP contribution in [0.3, 0.4) is 0 Å². The average Bonchev–Trinajstić information content (AvgIpc) is 2.41. The third-order valence-electron chi connectivity index (χ3n) is 2.46. The van der Waals surface area contributed by atoms with Crippen LogP contribution < -0.4 is 0 Å². The van der Waals surface area contributed by atoms with E-state index >= 15 is 0 Å². The van der Waals surface area contributed by atoms with Crippen LogP contribution in [0.5, 0.6) is 0 Å². The second kappa shape index (κ2) is 18.8. The highest BCUT2D eigenvalue weighted by atomic mass is 16.3. The second-order valence-corrected chi connectivity index (χ2v) is 6.00. The molecular formula is C16H38O6. The van der Waals surface area contributed by atoms with Gasteiger partial charge in [-0.15, -0.1) is 0 Å². The quantitative estimate of drug-likeness (QED) is 0.349. The molecule has 0 saturated carbocycles. The highest BCUT2D eigenvalue weighted by molar-refractivity contribution is 4.67. The van der Waals surface area contributed by atoms with E-state index in [0.29, 0.717) is 6.42 Å². The van der Waals surface area contributed by atoms with E-state index in [1.165, 1.54) is 0 Å². The molecule has 6 nitrogen and oxygen atoms in total. The van der Waals surface area contributed by atoms with Crippen molar-refractivity contribution in [2.24, 2.45) is 0 Å². The van der Waals surface area contributed by atoms with Crippen LogP contribution in [-0.2, 0) is 0 Å². The topological polar surface area (TPSA) is 121 Å². The molecule has 0 aliphatic heterocycles. The molecule has 0 aliphatic carbocycles. The first-order valence-corrected chi connectivity index (χ1v) is 8.05. The molecule has 0 aromatic heterocycles. The number of aliphatic hydroxyl groups is 6. The Morgan fingerprint density at radius 3 is 1.55 bits per heavy atom. The van der Waals surface area contributed by atoms with Gasteiger partial charge in [-0.25, -0.2) is 0 Å². The maximum absolute atomic E-state index is 9.03. The van der Waals surface area contributed by atoms with E-state index in [9.17, 15) is 0 Å². The number of aliphatic hydroxyl groups excluding tert-OH is 5. The average molecular weight is 326 g/mol. The van der Waals surface area contributed by atoms with E-state index in [2.05, 4.69) is 6.92 Å². The van der Waals surface area contributed by atoms with Gasteiger partial charge < -0.3 is 30.6 Å². The number of hydrogen-bond donors (Lipinski definition) is 6. The number of hydrogen-bond acceptors (Lipinski definition) is 6. The third-order valence-corrected chi connectivity index (χ3v) is 2.46. The first-order chi connectivity index (χ1) is 10.1. The molecule has 6 N–H and O–H groups in total. The van der Waals surface area contributed by atoms with Crippen LogP contribution in [0.15, 0.2) is 0 Å². The summed E-state index contributed by atoms with van der Waals surface area (Å²) in [5.41, 5.74) is -0.728. The Hall–Kier alpha value is -0.240. The Balaban J connectivity index is -0.000000249. The summed E-state index contributed by atoms with van der Waals surface area (Å²) in [6.07, 6.45) is 3.79. The fraction of sp³-hybridized carbons (Fsp3) is 1.00. The van der Waals surface area contributed by atoms with Gasteiger partial charge in [0.15, 0.2) is 0 Å². The smallest absolute Gasteiger partial charge is 0.0770 e. The minimum absolute atomic E-state index is 0.0972. The summed E-state index contributed by atoms with van der Waals surface area (Å²) in [7, 11) is 0. The number of unbranched alkanes of at least 4 members (excludes halogenated alkanes) is 2. The fourth-order valence-corrected chi connectivity index (χ4v) is 1.48. The van der Waals surface area contributed by atoms with E-state index in [0.717, 1.165) is 32.1 Å². The molecule has 138 valence electrons. The predicted molar refractivity (Wildman–Crippen MR) is 88.6 cm³/mol. The zero-order valence-electron chi connectivity index (χ0n) is 14.7. The lowest BCUT2D eigenvalue weighted by Crippen LogP contribution is -2.24. The van der Waals surface area contributed by atoms with Crippen LogP contribution in [0.25, 0.3) is 0 Å². The largest absolute Gasteiger partial charge is 0.396 e. The molecule has 0 heterocycles. The molecule has 0 rings (SSSR count). The first-order valence-electron chi connectivity index (χ1n) is 8.05. The molecule has 0 saturated heterocycles. The summed E-state index contributed by atoms with van der Waals surface area (Å²) in [4.78, 5) is 0. The maximum Gasteiger partial charge on any atom is 0.0770 e. The monoisotopic (exact) mass is 326 g/mol. The van der Waals surface area contributed by atoms with Crippen molar-refractivity contribution in [3.8, 4) is 0 Å². The minimum Gasteiger partial charge on any atom is -0.396 e. The molecule has 22 heavy (non-hydrogen) atoms. The Bertz CT molecular complexity index is 188. The van der Waals surface area contributed by atoms with Crippen molar-refractivity contribution in [2.75, 3.05) is 19.8 Å². The lowest BCUT2D eigenvalue weighted by atomic mass is 10.0. The summed E-state index contributed by atoms with van der Waals surface area (Å²) in [5, 5.41) is 51.0. The maximum atomic E-state index is 9.03. The molecule has 6 heteroatoms. The van der Waals surface area contributed by atoms with Crippen molar-refractivity contribution in [1.29, 1.82) is 0 Å². The van der Waals surface area contributed by atoms with Gasteiger partial charge in [-0.2, -0.15) is 0 Å². The molecule has 0 amide bonds. The minimum atomic E-state index is -0.728. The molecular weight excluding hydrogens is 288 g/mol. The molecule has 0 spiro atoms. The highest BCUT2D eigenvalue weighted by Gasteiger charge is 2.14. The van der Waals surface area contributed by atoms with Gasteiger partial charge in [0.2, 0.25) is 0 Å². The SMILES string of the molecule is CC(O)CC(C)(C)O.CCCCC(O)CO.OCCCCO. The number of rotatable bonds is 9. The van der Waals surface area contributed by atoms with Gasteiger partial charge in [0.05, 0.1) is 24.4 Å². The van der Waals surface area contributed by atoms with Gasteiger partial charge in [-0.1, -0.05) is 19.8 Å². The van der Waals surface area contributed by atoms with Crippen molar-refractivity contribution in [3.63, 3.8) is 0 Å². The summed E-state index contributed by atoms with van der Waals surface area (Å²) in [6, 6.07) is 0. The van der Waals surface area contributed by atoms with Crippen LogP contribution in [-0.4, -0.2) is 68.3 Å². The summed E-state index contributed by atoms with van der Waals surface area (Å²) in [5.74, 6) is 0. The Labute approximate surface area is 135 Å². The van der Waals surface area contributed by atoms with Crippen LogP contribution in [0.4, 0.5) is 0 Å². The standard InChI is InChI=1S/2C6H14O2.C4H10O2/c1-5(7)4-6(2,3)8;1-2-3-4-6(8)5-7;5-3-1-2-4-6/h5,7-8H,4H2,1-3H3;6-8H,2-5H2,1H3;5-6H,1-4H2. The third kappa shape index (κ3) is 36.7. The highest BCUT2D eigenvalue weighted by Crippen LogP contribution is 2.09. The first kappa shape index (κ1) is 26.6. The van der Waals surface area contributed by atoms with Crippen LogP contribution in [0.2, 0.25) is 0 Å². The van der Waals surface area contributed by atoms with E-state index in [1.54, 1.807) is 20.8 Å². The van der Waals surface area contributed by atoms with Gasteiger partial charge in [0, 0.05) is 19.6 Å². The van der Waals surface area contributed by atoms with Crippen molar-refractivity contribution in [2.45, 2.75) is 84.0 Å². The summed E-state index contributed by atoms with van der Waals surface area (Å²) in [6.45, 7) is 7.38. The van der Waals surface area contributed by atoms with E-state index in [1.807, 2.05) is 0 Å². The van der Waals surface area contributed by atoms with E-state index < -0.39 is 17.8 Å². The Morgan fingerprint density at radius 2 is 1.36 bits per heavy atom. The lowest BCUT2D eigenvalue weighted by Gasteiger charge is -2.17. The normalized spacial score (nSPS) is 13.4. The molecule has 0 aromatic rings. The zero-order valence-corrected chi connectivity index (χ0v) is 14.7. The molecule has 0 aromatic carbocycles. The van der Waals surface area contributed by atoms with Gasteiger partial charge in [-0.05, 0) is 40.0 Å². The summed E-state index contributed by atoms with van der Waals surface area (Å²) < 4.78 is 0. The Morgan fingerprint density at radius 1 is 0.909 bits per heavy atom. The van der Waals surface area contributed by atoms with Crippen molar-refractivity contribution in [3.05, 3.63) is 0 Å². The molecule has 2 atom stereocenters. The van der Waals surface area contributed by atoms with Crippen LogP contribution in [0.1, 0.15) is 66.2 Å². The van der Waals surface area contributed by atoms with Crippen LogP contribution in [0, 0.1) is 0 Å². The second-order valence-electron chi connectivity index (χ2n) is 6.00. The fourth-order valence-electron chi connectivity index (χ4n) is 1.48.